The van der Waals surface area contributed by atoms with E-state index in [1.54, 1.807) is 0 Å². The summed E-state index contributed by atoms with van der Waals surface area (Å²) in [7, 11) is 0. The molecule has 0 aliphatic carbocycles. The van der Waals surface area contributed by atoms with Crippen LogP contribution < -0.4 is 0 Å². The molecule has 0 aromatic carbocycles. The largest absolute Gasteiger partial charge is 0.341 e. The third kappa shape index (κ3) is 1.28. The molecule has 0 aromatic heterocycles. The van der Waals surface area contributed by atoms with Gasteiger partial charge in [-0.25, -0.2) is 0 Å². The highest BCUT2D eigenvalue weighted by Crippen LogP contribution is 2.14. The lowest BCUT2D eigenvalue weighted by Gasteiger charge is -2.20. The molecular weight excluding hydrogens is 150 g/mol. The number of aliphatic imine (C=N–C) groups is 1. The van der Waals surface area contributed by atoms with Crippen LogP contribution in [0.1, 0.15) is 13.8 Å². The van der Waals surface area contributed by atoms with Crippen LogP contribution in [-0.2, 0) is 0 Å². The summed E-state index contributed by atoms with van der Waals surface area (Å²) in [6.07, 6.45) is 0. The van der Waals surface area contributed by atoms with Crippen molar-refractivity contribution in [2.24, 2.45) is 10.9 Å². The first-order chi connectivity index (χ1) is 5.77. The molecular formula is C9H17N3. The summed E-state index contributed by atoms with van der Waals surface area (Å²) < 4.78 is 0. The topological polar surface area (TPSA) is 18.8 Å². The molecule has 0 bridgehead atoms. The van der Waals surface area contributed by atoms with Gasteiger partial charge in [-0.15, -0.1) is 0 Å². The lowest BCUT2D eigenvalue weighted by Crippen LogP contribution is -2.32. The Morgan fingerprint density at radius 3 is 2.92 bits per heavy atom. The standard InChI is InChI=1S/C9H17N3/c1-8(2)7-12-6-5-11-4-3-10-9(11)12/h8H,3-7H2,1-2H3. The second-order valence-electron chi connectivity index (χ2n) is 4.01. The summed E-state index contributed by atoms with van der Waals surface area (Å²) in [6.45, 7) is 10.2. The minimum Gasteiger partial charge on any atom is -0.341 e. The third-order valence-corrected chi connectivity index (χ3v) is 2.41. The zero-order chi connectivity index (χ0) is 8.55. The highest BCUT2D eigenvalue weighted by atomic mass is 15.5. The van der Waals surface area contributed by atoms with Gasteiger partial charge < -0.3 is 9.80 Å². The number of hydrogen-bond donors (Lipinski definition) is 0. The van der Waals surface area contributed by atoms with E-state index in [2.05, 4.69) is 28.6 Å². The van der Waals surface area contributed by atoms with Crippen molar-refractivity contribution in [2.45, 2.75) is 13.8 Å². The molecule has 2 aliphatic heterocycles. The van der Waals surface area contributed by atoms with E-state index in [-0.39, 0.29) is 0 Å². The van der Waals surface area contributed by atoms with Crippen LogP contribution in [0.4, 0.5) is 0 Å². The van der Waals surface area contributed by atoms with Gasteiger partial charge in [0.2, 0.25) is 0 Å². The molecule has 0 saturated carbocycles. The van der Waals surface area contributed by atoms with Gasteiger partial charge in [-0.05, 0) is 5.92 Å². The van der Waals surface area contributed by atoms with Crippen LogP contribution in [0.25, 0.3) is 0 Å². The summed E-state index contributed by atoms with van der Waals surface area (Å²) in [5.41, 5.74) is 0. The fourth-order valence-corrected chi connectivity index (χ4v) is 1.94. The molecule has 0 atom stereocenters. The first-order valence-electron chi connectivity index (χ1n) is 4.81. The molecule has 12 heavy (non-hydrogen) atoms. The van der Waals surface area contributed by atoms with Gasteiger partial charge in [-0.2, -0.15) is 0 Å². The van der Waals surface area contributed by atoms with E-state index in [0.29, 0.717) is 0 Å². The lowest BCUT2D eigenvalue weighted by molar-refractivity contribution is 0.395. The molecule has 1 saturated heterocycles. The second-order valence-corrected chi connectivity index (χ2v) is 4.01. The summed E-state index contributed by atoms with van der Waals surface area (Å²) >= 11 is 0. The van der Waals surface area contributed by atoms with Gasteiger partial charge in [-0.3, -0.25) is 4.99 Å². The van der Waals surface area contributed by atoms with Crippen molar-refractivity contribution in [3.05, 3.63) is 0 Å². The molecule has 0 radical (unpaired) electrons. The Balaban J connectivity index is 1.99. The van der Waals surface area contributed by atoms with E-state index in [0.717, 1.165) is 25.6 Å². The van der Waals surface area contributed by atoms with Gasteiger partial charge in [0.05, 0.1) is 6.54 Å². The van der Waals surface area contributed by atoms with E-state index in [4.69, 9.17) is 0 Å². The van der Waals surface area contributed by atoms with Crippen molar-refractivity contribution in [1.82, 2.24) is 9.80 Å². The van der Waals surface area contributed by atoms with E-state index < -0.39 is 0 Å². The van der Waals surface area contributed by atoms with Crippen LogP contribution >= 0.6 is 0 Å². The predicted molar refractivity (Wildman–Crippen MR) is 50.3 cm³/mol. The van der Waals surface area contributed by atoms with E-state index >= 15 is 0 Å². The average molecular weight is 167 g/mol. The van der Waals surface area contributed by atoms with Crippen molar-refractivity contribution in [3.8, 4) is 0 Å². The molecule has 2 aliphatic rings. The van der Waals surface area contributed by atoms with Crippen molar-refractivity contribution in [3.63, 3.8) is 0 Å². The Hall–Kier alpha value is -0.730. The third-order valence-electron chi connectivity index (χ3n) is 2.41. The van der Waals surface area contributed by atoms with Gasteiger partial charge >= 0.3 is 0 Å². The predicted octanol–water partition coefficient (Wildman–Crippen LogP) is 0.630. The van der Waals surface area contributed by atoms with Crippen molar-refractivity contribution in [2.75, 3.05) is 32.7 Å². The van der Waals surface area contributed by atoms with Gasteiger partial charge in [-0.1, -0.05) is 13.8 Å². The van der Waals surface area contributed by atoms with Gasteiger partial charge in [0.15, 0.2) is 5.96 Å². The van der Waals surface area contributed by atoms with Crippen LogP contribution in [0.3, 0.4) is 0 Å². The Labute approximate surface area is 74.1 Å². The Bertz CT molecular complexity index is 198. The van der Waals surface area contributed by atoms with E-state index in [1.165, 1.54) is 19.0 Å². The highest BCUT2D eigenvalue weighted by Gasteiger charge is 2.28. The first kappa shape index (κ1) is 7.90. The molecule has 1 fully saturated rings. The second kappa shape index (κ2) is 2.96. The maximum Gasteiger partial charge on any atom is 0.196 e. The average Bonchev–Trinajstić information content (AvgIpc) is 2.52. The van der Waals surface area contributed by atoms with Crippen LogP contribution in [0.15, 0.2) is 4.99 Å². The van der Waals surface area contributed by atoms with Gasteiger partial charge in [0.1, 0.15) is 0 Å². The van der Waals surface area contributed by atoms with Gasteiger partial charge in [0, 0.05) is 26.2 Å². The first-order valence-corrected chi connectivity index (χ1v) is 4.81. The molecule has 0 N–H and O–H groups in total. The maximum absolute atomic E-state index is 4.50. The van der Waals surface area contributed by atoms with Crippen LogP contribution in [0, 0.1) is 5.92 Å². The molecule has 2 heterocycles. The minimum atomic E-state index is 0.744. The lowest BCUT2D eigenvalue weighted by atomic mass is 10.2. The van der Waals surface area contributed by atoms with Crippen molar-refractivity contribution >= 4 is 5.96 Å². The number of guanidine groups is 1. The van der Waals surface area contributed by atoms with Crippen LogP contribution in [0.2, 0.25) is 0 Å². The van der Waals surface area contributed by atoms with Crippen LogP contribution in [0.5, 0.6) is 0 Å². The fraction of sp³-hybridized carbons (Fsp3) is 0.889. The monoisotopic (exact) mass is 167 g/mol. The van der Waals surface area contributed by atoms with E-state index in [1.807, 2.05) is 0 Å². The quantitative estimate of drug-likeness (QED) is 0.600. The van der Waals surface area contributed by atoms with Crippen molar-refractivity contribution in [1.29, 1.82) is 0 Å². The van der Waals surface area contributed by atoms with Gasteiger partial charge in [0.25, 0.3) is 0 Å². The minimum absolute atomic E-state index is 0.744. The molecule has 0 spiro atoms. The maximum atomic E-state index is 4.50. The fourth-order valence-electron chi connectivity index (χ4n) is 1.94. The number of fused-ring (bicyclic) bond motifs is 1. The summed E-state index contributed by atoms with van der Waals surface area (Å²) in [5.74, 6) is 2.00. The molecule has 3 heteroatoms. The zero-order valence-corrected chi connectivity index (χ0v) is 7.95. The highest BCUT2D eigenvalue weighted by molar-refractivity contribution is 5.83. The molecule has 3 nitrogen and oxygen atoms in total. The SMILES string of the molecule is CC(C)CN1CCN2CCN=C21. The Morgan fingerprint density at radius 2 is 2.17 bits per heavy atom. The smallest absolute Gasteiger partial charge is 0.196 e. The Morgan fingerprint density at radius 1 is 1.33 bits per heavy atom. The van der Waals surface area contributed by atoms with Crippen LogP contribution in [-0.4, -0.2) is 48.5 Å². The number of rotatable bonds is 2. The molecule has 0 amide bonds. The number of nitrogens with zero attached hydrogens (tertiary/aromatic N) is 3. The molecule has 2 rings (SSSR count). The molecule has 0 unspecified atom stereocenters. The zero-order valence-electron chi connectivity index (χ0n) is 7.95. The van der Waals surface area contributed by atoms with Crippen molar-refractivity contribution < 1.29 is 0 Å². The summed E-state index contributed by atoms with van der Waals surface area (Å²) in [6, 6.07) is 0. The molecule has 0 aromatic rings. The van der Waals surface area contributed by atoms with E-state index in [9.17, 15) is 0 Å². The Kier molecular flexibility index (Phi) is 1.95. The normalized spacial score (nSPS) is 22.1. The summed E-state index contributed by atoms with van der Waals surface area (Å²) in [4.78, 5) is 9.31. The summed E-state index contributed by atoms with van der Waals surface area (Å²) in [5, 5.41) is 0. The molecule has 68 valence electrons. The number of hydrogen-bond acceptors (Lipinski definition) is 3.